The Bertz CT molecular complexity index is 352. The van der Waals surface area contributed by atoms with Gasteiger partial charge in [-0.2, -0.15) is 17.0 Å². The molecule has 1 aliphatic carbocycles. The maximum Gasteiger partial charge on any atom is 0.282 e. The third-order valence-electron chi connectivity index (χ3n) is 3.97. The highest BCUT2D eigenvalue weighted by Gasteiger charge is 2.35. The van der Waals surface area contributed by atoms with Gasteiger partial charge in [-0.05, 0) is 19.3 Å². The van der Waals surface area contributed by atoms with Crippen LogP contribution >= 0.6 is 0 Å². The van der Waals surface area contributed by atoms with Gasteiger partial charge in [-0.1, -0.05) is 19.3 Å². The van der Waals surface area contributed by atoms with Gasteiger partial charge in [-0.3, -0.25) is 0 Å². The van der Waals surface area contributed by atoms with Crippen LogP contribution in [0.4, 0.5) is 0 Å². The lowest BCUT2D eigenvalue weighted by Gasteiger charge is -2.33. The van der Waals surface area contributed by atoms with E-state index < -0.39 is 10.2 Å². The van der Waals surface area contributed by atoms with Crippen molar-refractivity contribution in [1.29, 1.82) is 0 Å². The number of nitrogens with zero attached hydrogens (tertiary/aromatic N) is 2. The standard InChI is InChI=1S/C11H23N3O2S/c1-13(11-5-3-2-4-6-11)17(15,16)14-8-7-10(12)9-14/h10-11H,2-9,12H2,1H3/t10-/m1/s1. The molecule has 1 atom stereocenters. The average molecular weight is 261 g/mol. The Labute approximate surface area is 104 Å². The number of rotatable bonds is 3. The van der Waals surface area contributed by atoms with Crippen molar-refractivity contribution in [2.75, 3.05) is 20.1 Å². The Balaban J connectivity index is 2.03. The van der Waals surface area contributed by atoms with Gasteiger partial charge in [0.25, 0.3) is 10.2 Å². The molecule has 0 amide bonds. The Morgan fingerprint density at radius 1 is 1.18 bits per heavy atom. The van der Waals surface area contributed by atoms with E-state index in [4.69, 9.17) is 5.73 Å². The predicted molar refractivity (Wildman–Crippen MR) is 67.7 cm³/mol. The first-order chi connectivity index (χ1) is 8.01. The molecule has 2 fully saturated rings. The lowest BCUT2D eigenvalue weighted by Crippen LogP contribution is -2.46. The summed E-state index contributed by atoms with van der Waals surface area (Å²) < 4.78 is 27.9. The van der Waals surface area contributed by atoms with Gasteiger partial charge in [0.1, 0.15) is 0 Å². The van der Waals surface area contributed by atoms with E-state index >= 15 is 0 Å². The highest BCUT2D eigenvalue weighted by atomic mass is 32.2. The van der Waals surface area contributed by atoms with Crippen LogP contribution in [0.2, 0.25) is 0 Å². The summed E-state index contributed by atoms with van der Waals surface area (Å²) in [5.74, 6) is 0. The first-order valence-corrected chi connectivity index (χ1v) is 7.90. The maximum absolute atomic E-state index is 12.4. The quantitative estimate of drug-likeness (QED) is 0.806. The Morgan fingerprint density at radius 2 is 1.82 bits per heavy atom. The van der Waals surface area contributed by atoms with Crippen LogP contribution in [0.15, 0.2) is 0 Å². The first kappa shape index (κ1) is 13.3. The molecule has 17 heavy (non-hydrogen) atoms. The minimum Gasteiger partial charge on any atom is -0.326 e. The second-order valence-corrected chi connectivity index (χ2v) is 7.21. The number of hydrogen-bond acceptors (Lipinski definition) is 3. The lowest BCUT2D eigenvalue weighted by atomic mass is 9.96. The van der Waals surface area contributed by atoms with Gasteiger partial charge < -0.3 is 5.73 Å². The fourth-order valence-electron chi connectivity index (χ4n) is 2.78. The van der Waals surface area contributed by atoms with E-state index in [0.29, 0.717) is 13.1 Å². The van der Waals surface area contributed by atoms with E-state index in [2.05, 4.69) is 0 Å². The molecule has 0 aromatic carbocycles. The summed E-state index contributed by atoms with van der Waals surface area (Å²) in [6.07, 6.45) is 6.29. The fraction of sp³-hybridized carbons (Fsp3) is 1.00. The minimum absolute atomic E-state index is 0.00420. The van der Waals surface area contributed by atoms with Gasteiger partial charge in [-0.25, -0.2) is 0 Å². The van der Waals surface area contributed by atoms with Gasteiger partial charge in [-0.15, -0.1) is 0 Å². The minimum atomic E-state index is -3.28. The van der Waals surface area contributed by atoms with Crippen molar-refractivity contribution in [3.63, 3.8) is 0 Å². The van der Waals surface area contributed by atoms with E-state index in [1.54, 1.807) is 11.4 Å². The Morgan fingerprint density at radius 3 is 2.35 bits per heavy atom. The second-order valence-electron chi connectivity index (χ2n) is 5.22. The van der Waals surface area contributed by atoms with Crippen LogP contribution in [0.3, 0.4) is 0 Å². The van der Waals surface area contributed by atoms with Crippen molar-refractivity contribution < 1.29 is 8.42 Å². The summed E-state index contributed by atoms with van der Waals surface area (Å²) in [5, 5.41) is 0. The van der Waals surface area contributed by atoms with Crippen molar-refractivity contribution in [2.24, 2.45) is 5.73 Å². The summed E-state index contributed by atoms with van der Waals surface area (Å²) in [6, 6.07) is 0.190. The van der Waals surface area contributed by atoms with Crippen LogP contribution in [0.25, 0.3) is 0 Å². The molecule has 0 bridgehead atoms. The molecule has 0 spiro atoms. The molecule has 0 unspecified atom stereocenters. The van der Waals surface area contributed by atoms with Crippen molar-refractivity contribution >= 4 is 10.2 Å². The summed E-state index contributed by atoms with van der Waals surface area (Å²) in [6.45, 7) is 1.04. The van der Waals surface area contributed by atoms with E-state index in [9.17, 15) is 8.42 Å². The third kappa shape index (κ3) is 2.81. The highest BCUT2D eigenvalue weighted by Crippen LogP contribution is 2.25. The summed E-state index contributed by atoms with van der Waals surface area (Å²) in [7, 11) is -1.57. The molecule has 1 aliphatic heterocycles. The summed E-state index contributed by atoms with van der Waals surface area (Å²) in [5.41, 5.74) is 5.78. The fourth-order valence-corrected chi connectivity index (χ4v) is 4.45. The van der Waals surface area contributed by atoms with E-state index in [0.717, 1.165) is 32.1 Å². The first-order valence-electron chi connectivity index (χ1n) is 6.50. The van der Waals surface area contributed by atoms with Crippen molar-refractivity contribution in [3.05, 3.63) is 0 Å². The predicted octanol–water partition coefficient (Wildman–Crippen LogP) is 0.529. The zero-order valence-corrected chi connectivity index (χ0v) is 11.3. The molecule has 100 valence electrons. The topological polar surface area (TPSA) is 66.6 Å². The molecular weight excluding hydrogens is 238 g/mol. The van der Waals surface area contributed by atoms with Crippen LogP contribution in [0.5, 0.6) is 0 Å². The van der Waals surface area contributed by atoms with Crippen LogP contribution < -0.4 is 5.73 Å². The van der Waals surface area contributed by atoms with Crippen LogP contribution in [-0.4, -0.2) is 49.2 Å². The van der Waals surface area contributed by atoms with Crippen LogP contribution in [0, 0.1) is 0 Å². The van der Waals surface area contributed by atoms with Gasteiger partial charge in [0.05, 0.1) is 0 Å². The number of hydrogen-bond donors (Lipinski definition) is 1. The smallest absolute Gasteiger partial charge is 0.282 e. The zero-order valence-electron chi connectivity index (χ0n) is 10.5. The molecule has 1 saturated carbocycles. The zero-order chi connectivity index (χ0) is 12.5. The molecule has 0 radical (unpaired) electrons. The SMILES string of the molecule is CN(C1CCCCC1)S(=O)(=O)N1CC[C@@H](N)C1. The highest BCUT2D eigenvalue weighted by molar-refractivity contribution is 7.86. The largest absolute Gasteiger partial charge is 0.326 e. The normalized spacial score (nSPS) is 29.0. The van der Waals surface area contributed by atoms with E-state index in [1.165, 1.54) is 10.7 Å². The maximum atomic E-state index is 12.4. The van der Waals surface area contributed by atoms with Gasteiger partial charge in [0.2, 0.25) is 0 Å². The van der Waals surface area contributed by atoms with Gasteiger partial charge >= 0.3 is 0 Å². The van der Waals surface area contributed by atoms with Crippen LogP contribution in [-0.2, 0) is 10.2 Å². The Kier molecular flexibility index (Phi) is 4.07. The average Bonchev–Trinajstić information content (AvgIpc) is 2.77. The van der Waals surface area contributed by atoms with Gasteiger partial charge in [0, 0.05) is 32.2 Å². The number of nitrogens with two attached hydrogens (primary N) is 1. The van der Waals surface area contributed by atoms with Gasteiger partial charge in [0.15, 0.2) is 0 Å². The molecule has 1 heterocycles. The lowest BCUT2D eigenvalue weighted by molar-refractivity contribution is 0.268. The molecule has 2 aliphatic rings. The molecule has 5 nitrogen and oxygen atoms in total. The van der Waals surface area contributed by atoms with E-state index in [-0.39, 0.29) is 12.1 Å². The molecule has 0 aromatic heterocycles. The van der Waals surface area contributed by atoms with Crippen molar-refractivity contribution in [3.8, 4) is 0 Å². The third-order valence-corrected chi connectivity index (χ3v) is 5.98. The van der Waals surface area contributed by atoms with Crippen molar-refractivity contribution in [1.82, 2.24) is 8.61 Å². The molecule has 2 N–H and O–H groups in total. The monoisotopic (exact) mass is 261 g/mol. The molecule has 6 heteroatoms. The molecule has 0 aromatic rings. The Hall–Kier alpha value is -0.170. The van der Waals surface area contributed by atoms with Crippen LogP contribution in [0.1, 0.15) is 38.5 Å². The van der Waals surface area contributed by atoms with E-state index in [1.807, 2.05) is 0 Å². The second kappa shape index (κ2) is 5.22. The van der Waals surface area contributed by atoms with Crippen molar-refractivity contribution in [2.45, 2.75) is 50.6 Å². The summed E-state index contributed by atoms with van der Waals surface area (Å²) >= 11 is 0. The molecule has 1 saturated heterocycles. The molecule has 2 rings (SSSR count). The summed E-state index contributed by atoms with van der Waals surface area (Å²) in [4.78, 5) is 0. The molecular formula is C11H23N3O2S.